The van der Waals surface area contributed by atoms with E-state index in [1.807, 2.05) is 19.2 Å². The highest BCUT2D eigenvalue weighted by Crippen LogP contribution is 2.18. The molecular formula is C20H24F3N3O2. The van der Waals surface area contributed by atoms with Crippen molar-refractivity contribution in [2.75, 3.05) is 25.1 Å². The first-order chi connectivity index (χ1) is 13.3. The lowest BCUT2D eigenvalue weighted by Crippen LogP contribution is -2.23. The van der Waals surface area contributed by atoms with Gasteiger partial charge in [0.15, 0.2) is 6.61 Å². The van der Waals surface area contributed by atoms with Crippen LogP contribution in [-0.2, 0) is 6.54 Å². The highest BCUT2D eigenvalue weighted by Gasteiger charge is 2.28. The minimum atomic E-state index is -4.43. The van der Waals surface area contributed by atoms with Gasteiger partial charge in [-0.2, -0.15) is 13.2 Å². The Balaban J connectivity index is 1.89. The summed E-state index contributed by atoms with van der Waals surface area (Å²) in [5.41, 5.74) is 2.14. The van der Waals surface area contributed by atoms with Crippen LogP contribution in [0.2, 0.25) is 0 Å². The van der Waals surface area contributed by atoms with Crippen LogP contribution in [-0.4, -0.2) is 37.3 Å². The van der Waals surface area contributed by atoms with Crippen LogP contribution in [0.5, 0.6) is 5.88 Å². The van der Waals surface area contributed by atoms with Crippen molar-refractivity contribution in [2.45, 2.75) is 32.5 Å². The highest BCUT2D eigenvalue weighted by molar-refractivity contribution is 5.94. The Morgan fingerprint density at radius 3 is 2.57 bits per heavy atom. The maximum Gasteiger partial charge on any atom is 0.422 e. The van der Waals surface area contributed by atoms with Gasteiger partial charge in [0.1, 0.15) is 0 Å². The Morgan fingerprint density at radius 2 is 1.93 bits per heavy atom. The molecule has 0 fully saturated rings. The average Bonchev–Trinajstić information content (AvgIpc) is 2.68. The average molecular weight is 395 g/mol. The zero-order chi connectivity index (χ0) is 20.6. The molecule has 2 aromatic rings. The number of carbonyl (C=O) groups excluding carboxylic acids is 1. The van der Waals surface area contributed by atoms with E-state index >= 15 is 0 Å². The lowest BCUT2D eigenvalue weighted by atomic mass is 10.1. The number of aromatic nitrogens is 1. The lowest BCUT2D eigenvalue weighted by molar-refractivity contribution is -0.154. The fourth-order valence-electron chi connectivity index (χ4n) is 2.47. The molecule has 1 heterocycles. The number of amides is 1. The van der Waals surface area contributed by atoms with Crippen LogP contribution in [0.4, 0.5) is 18.9 Å². The molecule has 0 atom stereocenters. The summed E-state index contributed by atoms with van der Waals surface area (Å²) in [5.74, 6) is -0.402. The van der Waals surface area contributed by atoms with E-state index in [9.17, 15) is 18.0 Å². The maximum absolute atomic E-state index is 12.3. The number of nitrogens with one attached hydrogen (secondary N) is 1. The first-order valence-electron chi connectivity index (χ1n) is 9.02. The third kappa shape index (κ3) is 7.09. The number of ether oxygens (including phenoxy) is 1. The molecule has 2 rings (SSSR count). The number of pyridine rings is 1. The van der Waals surface area contributed by atoms with E-state index in [4.69, 9.17) is 0 Å². The van der Waals surface area contributed by atoms with Crippen LogP contribution in [0.15, 0.2) is 42.6 Å². The van der Waals surface area contributed by atoms with Gasteiger partial charge < -0.3 is 15.0 Å². The number of nitrogens with zero attached hydrogens (tertiary/aromatic N) is 2. The molecular weight excluding hydrogens is 371 g/mol. The second kappa shape index (κ2) is 9.96. The van der Waals surface area contributed by atoms with Gasteiger partial charge in [-0.3, -0.25) is 4.79 Å². The van der Waals surface area contributed by atoms with Crippen molar-refractivity contribution < 1.29 is 22.7 Å². The summed E-state index contributed by atoms with van der Waals surface area (Å²) in [6.45, 7) is 1.83. The minimum absolute atomic E-state index is 0.136. The standard InChI is InChI=1S/C20H24F3N3O2/c1-3-4-11-26(2)17-7-5-16(6-8-17)19(27)25-13-15-9-10-24-18(12-15)28-14-20(21,22)23/h5-10,12H,3-4,11,13-14H2,1-2H3,(H,25,27). The van der Waals surface area contributed by atoms with Crippen LogP contribution in [0, 0.1) is 0 Å². The number of alkyl halides is 3. The van der Waals surface area contributed by atoms with Crippen molar-refractivity contribution >= 4 is 11.6 Å². The molecule has 1 N–H and O–H groups in total. The lowest BCUT2D eigenvalue weighted by Gasteiger charge is -2.19. The number of rotatable bonds is 9. The molecule has 1 amide bonds. The second-order valence-corrected chi connectivity index (χ2v) is 6.41. The van der Waals surface area contributed by atoms with Crippen molar-refractivity contribution in [3.63, 3.8) is 0 Å². The topological polar surface area (TPSA) is 54.5 Å². The highest BCUT2D eigenvalue weighted by atomic mass is 19.4. The predicted molar refractivity (Wildman–Crippen MR) is 102 cm³/mol. The number of benzene rings is 1. The van der Waals surface area contributed by atoms with E-state index in [1.54, 1.807) is 18.2 Å². The van der Waals surface area contributed by atoms with E-state index < -0.39 is 12.8 Å². The number of hydrogen-bond donors (Lipinski definition) is 1. The first kappa shape index (κ1) is 21.5. The number of carbonyl (C=O) groups is 1. The van der Waals surface area contributed by atoms with Gasteiger partial charge in [-0.05, 0) is 42.3 Å². The van der Waals surface area contributed by atoms with Crippen molar-refractivity contribution in [3.8, 4) is 5.88 Å². The number of halogens is 3. The minimum Gasteiger partial charge on any atom is -0.468 e. The zero-order valence-electron chi connectivity index (χ0n) is 15.9. The molecule has 0 saturated carbocycles. The molecule has 0 unspecified atom stereocenters. The number of hydrogen-bond acceptors (Lipinski definition) is 4. The van der Waals surface area contributed by atoms with E-state index in [2.05, 4.69) is 26.9 Å². The number of unbranched alkanes of at least 4 members (excludes halogenated alkanes) is 1. The van der Waals surface area contributed by atoms with E-state index in [0.717, 1.165) is 25.1 Å². The molecule has 1 aromatic carbocycles. The molecule has 1 aromatic heterocycles. The zero-order valence-corrected chi connectivity index (χ0v) is 15.9. The summed E-state index contributed by atoms with van der Waals surface area (Å²) < 4.78 is 41.2. The molecule has 5 nitrogen and oxygen atoms in total. The SMILES string of the molecule is CCCCN(C)c1ccc(C(=O)NCc2ccnc(OCC(F)(F)F)c2)cc1. The molecule has 0 aliphatic rings. The quantitative estimate of drug-likeness (QED) is 0.692. The molecule has 8 heteroatoms. The van der Waals surface area contributed by atoms with Crippen LogP contribution in [0.1, 0.15) is 35.7 Å². The predicted octanol–water partition coefficient (Wildman–Crippen LogP) is 4.19. The van der Waals surface area contributed by atoms with Gasteiger partial charge in [-0.25, -0.2) is 4.98 Å². The largest absolute Gasteiger partial charge is 0.468 e. The van der Waals surface area contributed by atoms with E-state index in [-0.39, 0.29) is 18.3 Å². The Kier molecular flexibility index (Phi) is 7.66. The molecule has 0 aliphatic carbocycles. The third-order valence-corrected chi connectivity index (χ3v) is 4.05. The van der Waals surface area contributed by atoms with Gasteiger partial charge in [0.05, 0.1) is 0 Å². The van der Waals surface area contributed by atoms with E-state index in [0.29, 0.717) is 11.1 Å². The van der Waals surface area contributed by atoms with Gasteiger partial charge in [-0.1, -0.05) is 13.3 Å². The summed E-state index contributed by atoms with van der Waals surface area (Å²) in [5, 5.41) is 2.74. The van der Waals surface area contributed by atoms with Crippen LogP contribution in [0.25, 0.3) is 0 Å². The van der Waals surface area contributed by atoms with E-state index in [1.165, 1.54) is 12.3 Å². The van der Waals surface area contributed by atoms with Crippen molar-refractivity contribution in [1.82, 2.24) is 10.3 Å². The Bertz CT molecular complexity index is 764. The Morgan fingerprint density at radius 1 is 1.21 bits per heavy atom. The molecule has 0 radical (unpaired) electrons. The van der Waals surface area contributed by atoms with Gasteiger partial charge >= 0.3 is 6.18 Å². The first-order valence-corrected chi connectivity index (χ1v) is 9.02. The van der Waals surface area contributed by atoms with Gasteiger partial charge in [0.25, 0.3) is 5.91 Å². The Hall–Kier alpha value is -2.77. The molecule has 0 aliphatic heterocycles. The van der Waals surface area contributed by atoms with Crippen molar-refractivity contribution in [1.29, 1.82) is 0 Å². The third-order valence-electron chi connectivity index (χ3n) is 4.05. The molecule has 0 bridgehead atoms. The summed E-state index contributed by atoms with van der Waals surface area (Å²) in [6, 6.07) is 10.2. The molecule has 0 saturated heterocycles. The summed E-state index contributed by atoms with van der Waals surface area (Å²) in [6.07, 6.45) is -0.876. The maximum atomic E-state index is 12.3. The molecule has 28 heavy (non-hydrogen) atoms. The summed E-state index contributed by atoms with van der Waals surface area (Å²) in [7, 11) is 2.01. The van der Waals surface area contributed by atoms with Crippen molar-refractivity contribution in [2.24, 2.45) is 0 Å². The van der Waals surface area contributed by atoms with Gasteiger partial charge in [0, 0.05) is 43.7 Å². The van der Waals surface area contributed by atoms with Gasteiger partial charge in [0.2, 0.25) is 5.88 Å². The normalized spacial score (nSPS) is 11.2. The fraction of sp³-hybridized carbons (Fsp3) is 0.400. The summed E-state index contributed by atoms with van der Waals surface area (Å²) >= 11 is 0. The molecule has 152 valence electrons. The van der Waals surface area contributed by atoms with Gasteiger partial charge in [-0.15, -0.1) is 0 Å². The van der Waals surface area contributed by atoms with Crippen LogP contribution in [0.3, 0.4) is 0 Å². The second-order valence-electron chi connectivity index (χ2n) is 6.41. The number of anilines is 1. The Labute approximate surface area is 162 Å². The fourth-order valence-corrected chi connectivity index (χ4v) is 2.47. The smallest absolute Gasteiger partial charge is 0.422 e. The monoisotopic (exact) mass is 395 g/mol. The summed E-state index contributed by atoms with van der Waals surface area (Å²) in [4.78, 5) is 18.2. The van der Waals surface area contributed by atoms with Crippen molar-refractivity contribution in [3.05, 3.63) is 53.7 Å². The van der Waals surface area contributed by atoms with Crippen LogP contribution >= 0.6 is 0 Å². The van der Waals surface area contributed by atoms with Crippen LogP contribution < -0.4 is 15.0 Å². The molecule has 0 spiro atoms.